The molecule has 3 heterocycles. The largest absolute Gasteiger partial charge is 0.134 e. The summed E-state index contributed by atoms with van der Waals surface area (Å²) in [7, 11) is 0. The Morgan fingerprint density at radius 3 is 0.891 bits per heavy atom. The van der Waals surface area contributed by atoms with E-state index in [9.17, 15) is 0 Å². The van der Waals surface area contributed by atoms with E-state index in [0.29, 0.717) is 0 Å². The SMILES string of the molecule is Brc1ccc(-c2ccc(-c3ccc(-c4ccc(-c5ccc(-c6ccc(-c7ccc(-c8ccccc8)cc7)cc6)cc5)cc4)s3)s2)s1. The summed E-state index contributed by atoms with van der Waals surface area (Å²) in [6.45, 7) is 0. The fourth-order valence-corrected chi connectivity index (χ4v) is 9.28. The summed E-state index contributed by atoms with van der Waals surface area (Å²) in [5.41, 5.74) is 11.1. The lowest BCUT2D eigenvalue weighted by atomic mass is 9.97. The lowest BCUT2D eigenvalue weighted by Crippen LogP contribution is -1.83. The van der Waals surface area contributed by atoms with Crippen molar-refractivity contribution in [1.29, 1.82) is 0 Å². The van der Waals surface area contributed by atoms with Crippen LogP contribution in [0.1, 0.15) is 0 Å². The molecule has 0 amide bonds. The fourth-order valence-electron chi connectivity index (χ4n) is 5.70. The van der Waals surface area contributed by atoms with E-state index in [-0.39, 0.29) is 0 Å². The van der Waals surface area contributed by atoms with Gasteiger partial charge in [0.15, 0.2) is 0 Å². The van der Waals surface area contributed by atoms with Crippen LogP contribution >= 0.6 is 49.9 Å². The van der Waals surface area contributed by atoms with Gasteiger partial charge in [-0.2, -0.15) is 0 Å². The van der Waals surface area contributed by atoms with Crippen molar-refractivity contribution >= 4 is 49.9 Å². The summed E-state index contributed by atoms with van der Waals surface area (Å²) in [5, 5.41) is 0. The Balaban J connectivity index is 0.939. The highest BCUT2D eigenvalue weighted by atomic mass is 79.9. The van der Waals surface area contributed by atoms with Gasteiger partial charge in [-0.3, -0.25) is 0 Å². The summed E-state index contributed by atoms with van der Waals surface area (Å²) in [6, 6.07) is 59.4. The number of thiophene rings is 3. The number of halogens is 1. The van der Waals surface area contributed by atoms with E-state index in [0.717, 1.165) is 0 Å². The normalized spacial score (nSPS) is 11.2. The molecule has 0 aliphatic heterocycles. The molecule has 220 valence electrons. The first-order valence-corrected chi connectivity index (χ1v) is 18.3. The van der Waals surface area contributed by atoms with E-state index in [1.165, 1.54) is 78.2 Å². The van der Waals surface area contributed by atoms with Gasteiger partial charge in [0.05, 0.1) is 3.79 Å². The first kappa shape index (κ1) is 29.1. The molecule has 8 rings (SSSR count). The molecular weight excluding hydrogens is 681 g/mol. The molecule has 0 aliphatic carbocycles. The lowest BCUT2D eigenvalue weighted by molar-refractivity contribution is 1.57. The summed E-state index contributed by atoms with van der Waals surface area (Å²) >= 11 is 9.08. The average molecular weight is 708 g/mol. The van der Waals surface area contributed by atoms with Crippen molar-refractivity contribution in [2.75, 3.05) is 0 Å². The Morgan fingerprint density at radius 2 is 0.522 bits per heavy atom. The maximum Gasteiger partial charge on any atom is 0.0705 e. The third-order valence-electron chi connectivity index (χ3n) is 8.20. The van der Waals surface area contributed by atoms with Crippen LogP contribution in [0, 0.1) is 0 Å². The van der Waals surface area contributed by atoms with Crippen molar-refractivity contribution in [3.8, 4) is 74.5 Å². The number of hydrogen-bond acceptors (Lipinski definition) is 3. The van der Waals surface area contributed by atoms with Gasteiger partial charge in [0.2, 0.25) is 0 Å². The molecule has 0 aliphatic rings. The number of benzene rings is 5. The maximum atomic E-state index is 3.58. The monoisotopic (exact) mass is 706 g/mol. The van der Waals surface area contributed by atoms with Gasteiger partial charge >= 0.3 is 0 Å². The zero-order valence-corrected chi connectivity index (χ0v) is 28.7. The smallest absolute Gasteiger partial charge is 0.0705 e. The summed E-state index contributed by atoms with van der Waals surface area (Å²) in [5.74, 6) is 0. The first-order chi connectivity index (χ1) is 22.7. The van der Waals surface area contributed by atoms with Crippen molar-refractivity contribution in [1.82, 2.24) is 0 Å². The van der Waals surface area contributed by atoms with Crippen LogP contribution in [0.2, 0.25) is 0 Å². The second-order valence-electron chi connectivity index (χ2n) is 11.1. The van der Waals surface area contributed by atoms with Gasteiger partial charge in [-0.05, 0) is 102 Å². The molecule has 46 heavy (non-hydrogen) atoms. The van der Waals surface area contributed by atoms with E-state index < -0.39 is 0 Å². The summed E-state index contributed by atoms with van der Waals surface area (Å²) in [4.78, 5) is 6.55. The lowest BCUT2D eigenvalue weighted by Gasteiger charge is -2.08. The maximum absolute atomic E-state index is 3.58. The van der Waals surface area contributed by atoms with E-state index in [4.69, 9.17) is 0 Å². The van der Waals surface area contributed by atoms with Crippen LogP contribution in [0.25, 0.3) is 74.5 Å². The van der Waals surface area contributed by atoms with Gasteiger partial charge in [0, 0.05) is 24.4 Å². The number of hydrogen-bond donors (Lipinski definition) is 0. The second kappa shape index (κ2) is 12.8. The quantitative estimate of drug-likeness (QED) is 0.155. The first-order valence-electron chi connectivity index (χ1n) is 15.1. The van der Waals surface area contributed by atoms with Gasteiger partial charge in [-0.1, -0.05) is 127 Å². The van der Waals surface area contributed by atoms with E-state index in [1.54, 1.807) is 11.3 Å². The fraction of sp³-hybridized carbons (Fsp3) is 0. The molecule has 0 unspecified atom stereocenters. The molecule has 8 aromatic rings. The molecule has 0 N–H and O–H groups in total. The van der Waals surface area contributed by atoms with Crippen molar-refractivity contribution < 1.29 is 0 Å². The van der Waals surface area contributed by atoms with E-state index >= 15 is 0 Å². The number of rotatable bonds is 7. The van der Waals surface area contributed by atoms with Gasteiger partial charge in [-0.15, -0.1) is 34.0 Å². The third-order valence-corrected chi connectivity index (χ3v) is 12.4. The molecular formula is C42H27BrS3. The Bertz CT molecular complexity index is 2220. The Kier molecular flexibility index (Phi) is 8.11. The minimum atomic E-state index is 1.17. The van der Waals surface area contributed by atoms with Gasteiger partial charge in [0.1, 0.15) is 0 Å². The van der Waals surface area contributed by atoms with Crippen LogP contribution in [0.5, 0.6) is 0 Å². The van der Waals surface area contributed by atoms with Crippen LogP contribution in [0.4, 0.5) is 0 Å². The highest BCUT2D eigenvalue weighted by molar-refractivity contribution is 9.11. The molecule has 0 radical (unpaired) electrons. The zero-order chi connectivity index (χ0) is 30.9. The highest BCUT2D eigenvalue weighted by Crippen LogP contribution is 2.42. The third kappa shape index (κ3) is 6.10. The minimum absolute atomic E-state index is 1.17. The zero-order valence-electron chi connectivity index (χ0n) is 24.7. The van der Waals surface area contributed by atoms with Crippen molar-refractivity contribution in [3.05, 3.63) is 168 Å². The molecule has 0 nitrogen and oxygen atoms in total. The van der Waals surface area contributed by atoms with E-state index in [1.807, 2.05) is 22.7 Å². The topological polar surface area (TPSA) is 0 Å². The molecule has 0 fully saturated rings. The highest BCUT2D eigenvalue weighted by Gasteiger charge is 2.11. The average Bonchev–Trinajstić information content (AvgIpc) is 3.91. The van der Waals surface area contributed by atoms with Crippen LogP contribution in [0.15, 0.2) is 168 Å². The molecule has 4 heteroatoms. The van der Waals surface area contributed by atoms with Gasteiger partial charge in [0.25, 0.3) is 0 Å². The minimum Gasteiger partial charge on any atom is -0.134 e. The van der Waals surface area contributed by atoms with E-state index in [2.05, 4.69) is 180 Å². The predicted octanol–water partition coefficient (Wildman–Crippen LogP) is 14.3. The van der Waals surface area contributed by atoms with Gasteiger partial charge in [-0.25, -0.2) is 0 Å². The molecule has 0 atom stereocenters. The second-order valence-corrected chi connectivity index (χ2v) is 15.7. The van der Waals surface area contributed by atoms with Crippen LogP contribution in [-0.4, -0.2) is 0 Å². The Hall–Kier alpha value is -4.32. The molecule has 0 bridgehead atoms. The Labute approximate surface area is 290 Å². The molecule has 3 aromatic heterocycles. The van der Waals surface area contributed by atoms with Crippen molar-refractivity contribution in [2.45, 2.75) is 0 Å². The van der Waals surface area contributed by atoms with Crippen LogP contribution in [-0.2, 0) is 0 Å². The summed E-state index contributed by atoms with van der Waals surface area (Å²) in [6.07, 6.45) is 0. The van der Waals surface area contributed by atoms with Gasteiger partial charge < -0.3 is 0 Å². The molecule has 0 saturated heterocycles. The Morgan fingerprint density at radius 1 is 0.239 bits per heavy atom. The van der Waals surface area contributed by atoms with Crippen molar-refractivity contribution in [2.24, 2.45) is 0 Å². The molecule has 5 aromatic carbocycles. The molecule has 0 spiro atoms. The standard InChI is InChI=1S/C42H27BrS3/c43-42-27-26-41(46-42)40-25-24-39(45-40)38-23-22-37(44-38)36-20-18-35(19-21-36)34-16-14-33(15-17-34)32-12-10-31(11-13-32)30-8-6-29(7-9-30)28-4-2-1-3-5-28/h1-27H. The van der Waals surface area contributed by atoms with Crippen LogP contribution in [0.3, 0.4) is 0 Å². The van der Waals surface area contributed by atoms with Crippen LogP contribution < -0.4 is 0 Å². The molecule has 0 saturated carbocycles. The van der Waals surface area contributed by atoms with Crippen molar-refractivity contribution in [3.63, 3.8) is 0 Å². The summed E-state index contributed by atoms with van der Waals surface area (Å²) < 4.78 is 1.17. The predicted molar refractivity (Wildman–Crippen MR) is 206 cm³/mol.